The Hall–Kier alpha value is -3.74. The Labute approximate surface area is 328 Å². The molecule has 0 N–H and O–H groups in total. The molecule has 3 saturated carbocycles. The van der Waals surface area contributed by atoms with Gasteiger partial charge in [0.15, 0.2) is 6.61 Å². The third-order valence-corrected chi connectivity index (χ3v) is 14.4. The molecule has 1 heterocycles. The van der Waals surface area contributed by atoms with Gasteiger partial charge < -0.3 is 23.4 Å². The smallest absolute Gasteiger partial charge is 0.344 e. The van der Waals surface area contributed by atoms with Crippen LogP contribution in [-0.2, 0) is 9.53 Å². The highest BCUT2D eigenvalue weighted by molar-refractivity contribution is 5.80. The van der Waals surface area contributed by atoms with Crippen LogP contribution >= 0.6 is 0 Å². The van der Waals surface area contributed by atoms with Gasteiger partial charge in [0.1, 0.15) is 34.7 Å². The maximum atomic E-state index is 13.3. The Morgan fingerprint density at radius 3 is 2.44 bits per heavy atom. The van der Waals surface area contributed by atoms with E-state index < -0.39 is 0 Å². The van der Waals surface area contributed by atoms with E-state index in [4.69, 9.17) is 23.4 Å². The summed E-state index contributed by atoms with van der Waals surface area (Å²) in [5, 5.41) is 0.368. The van der Waals surface area contributed by atoms with Crippen LogP contribution in [0.4, 0.5) is 0 Å². The second-order valence-electron chi connectivity index (χ2n) is 18.4. The molecule has 4 aliphatic rings. The van der Waals surface area contributed by atoms with Crippen LogP contribution in [0, 0.1) is 53.3 Å². The molecule has 0 unspecified atom stereocenters. The number of benzene rings is 2. The minimum Gasteiger partial charge on any atom is -0.494 e. The highest BCUT2D eigenvalue weighted by atomic mass is 16.6. The monoisotopic (exact) mass is 752 g/mol. The SMILES string of the molecule is CCOc1ccc(Oc2c(C)oc3cc(OCC(=O)O[C@@H]4CC[C@@]5(C)C(=CC[C@H]6[C@H]5CC[C@]5(C)C[C@@H]([C@@H](C)CCCC(C)C)CC[C@@H]65)C4)ccc3c2=O)cc1. The lowest BCUT2D eigenvalue weighted by atomic mass is 9.44. The number of fused-ring (bicyclic) bond motifs is 6. The summed E-state index contributed by atoms with van der Waals surface area (Å²) >= 11 is 0. The summed E-state index contributed by atoms with van der Waals surface area (Å²) < 4.78 is 29.3. The largest absolute Gasteiger partial charge is 0.494 e. The fourth-order valence-electron chi connectivity index (χ4n) is 11.3. The van der Waals surface area contributed by atoms with E-state index in [1.807, 2.05) is 6.92 Å². The summed E-state index contributed by atoms with van der Waals surface area (Å²) in [6, 6.07) is 12.1. The first kappa shape index (κ1) is 39.5. The van der Waals surface area contributed by atoms with Gasteiger partial charge in [-0.2, -0.15) is 0 Å². The van der Waals surface area contributed by atoms with Gasteiger partial charge in [0.05, 0.1) is 12.0 Å². The molecule has 7 rings (SSSR count). The van der Waals surface area contributed by atoms with Gasteiger partial charge in [-0.25, -0.2) is 4.79 Å². The molecular weight excluding hydrogens is 689 g/mol. The molecule has 0 radical (unpaired) electrons. The van der Waals surface area contributed by atoms with Crippen LogP contribution in [0.2, 0.25) is 0 Å². The van der Waals surface area contributed by atoms with E-state index in [0.717, 1.165) is 60.5 Å². The average Bonchev–Trinajstić information content (AvgIpc) is 3.15. The molecule has 8 atom stereocenters. The van der Waals surface area contributed by atoms with Crippen LogP contribution < -0.4 is 19.6 Å². The van der Waals surface area contributed by atoms with Crippen molar-refractivity contribution >= 4 is 16.9 Å². The quantitative estimate of drug-likeness (QED) is 0.127. The summed E-state index contributed by atoms with van der Waals surface area (Å²) in [7, 11) is 0. The van der Waals surface area contributed by atoms with Crippen molar-refractivity contribution in [3.05, 3.63) is 70.1 Å². The topological polar surface area (TPSA) is 84.2 Å². The molecule has 0 amide bonds. The van der Waals surface area contributed by atoms with Crippen molar-refractivity contribution in [2.45, 2.75) is 132 Å². The normalized spacial score (nSPS) is 29.4. The first-order chi connectivity index (χ1) is 26.4. The minimum atomic E-state index is -0.372. The highest BCUT2D eigenvalue weighted by Gasteiger charge is 2.56. The zero-order valence-electron chi connectivity index (χ0n) is 34.4. The lowest BCUT2D eigenvalue weighted by molar-refractivity contribution is -0.154. The molecule has 2 aromatic carbocycles. The molecule has 3 fully saturated rings. The highest BCUT2D eigenvalue weighted by Crippen LogP contribution is 2.65. The maximum Gasteiger partial charge on any atom is 0.344 e. The summed E-state index contributed by atoms with van der Waals surface area (Å²) in [4.78, 5) is 26.4. The first-order valence-corrected chi connectivity index (χ1v) is 21.4. The van der Waals surface area contributed by atoms with E-state index in [1.54, 1.807) is 49.4 Å². The van der Waals surface area contributed by atoms with Crippen LogP contribution in [0.1, 0.15) is 124 Å². The standard InChI is InChI=1S/C48H64O7/c1-8-51-35-14-16-36(17-15-35)55-46-32(5)53-43-27-37(18-20-40(43)45(46)50)52-29-44(49)54-38-22-25-48(7)34(26-38)13-19-39-41-21-12-33(31(4)11-9-10-30(2)3)28-47(41,6)24-23-42(39)48/h13-18,20,27,30-31,33,38-39,41-42H,8-12,19,21-26,28-29H2,1-7H3/t31-,33-,38+,39+,41-,42+,47+,48-/m0/s1. The van der Waals surface area contributed by atoms with Crippen molar-refractivity contribution in [1.29, 1.82) is 0 Å². The molecule has 0 spiro atoms. The van der Waals surface area contributed by atoms with Crippen molar-refractivity contribution in [2.75, 3.05) is 13.2 Å². The predicted octanol–water partition coefficient (Wildman–Crippen LogP) is 12.0. The molecule has 4 aliphatic carbocycles. The van der Waals surface area contributed by atoms with Crippen molar-refractivity contribution in [3.8, 4) is 23.0 Å². The lowest BCUT2D eigenvalue weighted by Gasteiger charge is -2.61. The van der Waals surface area contributed by atoms with Gasteiger partial charge in [-0.1, -0.05) is 65.5 Å². The Balaban J connectivity index is 0.925. The number of esters is 1. The predicted molar refractivity (Wildman–Crippen MR) is 218 cm³/mol. The van der Waals surface area contributed by atoms with E-state index in [1.165, 1.54) is 63.4 Å². The van der Waals surface area contributed by atoms with Crippen molar-refractivity contribution in [3.63, 3.8) is 0 Å². The summed E-state index contributed by atoms with van der Waals surface area (Å²) in [5.74, 6) is 6.67. The van der Waals surface area contributed by atoms with Crippen LogP contribution in [-0.4, -0.2) is 25.3 Å². The number of aryl methyl sites for hydroxylation is 1. The number of hydrogen-bond acceptors (Lipinski definition) is 7. The molecule has 3 aromatic rings. The summed E-state index contributed by atoms with van der Waals surface area (Å²) in [6.07, 6.45) is 17.5. The van der Waals surface area contributed by atoms with Crippen LogP contribution in [0.3, 0.4) is 0 Å². The summed E-state index contributed by atoms with van der Waals surface area (Å²) in [6.45, 7) is 16.4. The third kappa shape index (κ3) is 8.37. The van der Waals surface area contributed by atoms with Gasteiger partial charge >= 0.3 is 5.97 Å². The molecule has 0 aliphatic heterocycles. The minimum absolute atomic E-state index is 0.125. The van der Waals surface area contributed by atoms with E-state index in [-0.39, 0.29) is 35.3 Å². The van der Waals surface area contributed by atoms with Crippen molar-refractivity contribution in [1.82, 2.24) is 0 Å². The number of rotatable bonds is 13. The Kier molecular flexibility index (Phi) is 11.8. The van der Waals surface area contributed by atoms with Gasteiger partial charge in [0, 0.05) is 12.5 Å². The van der Waals surface area contributed by atoms with Crippen molar-refractivity contribution < 1.29 is 28.2 Å². The van der Waals surface area contributed by atoms with E-state index in [0.29, 0.717) is 40.3 Å². The first-order valence-electron chi connectivity index (χ1n) is 21.4. The van der Waals surface area contributed by atoms with Crippen LogP contribution in [0.25, 0.3) is 11.0 Å². The van der Waals surface area contributed by atoms with Crippen LogP contribution in [0.15, 0.2) is 63.3 Å². The zero-order valence-corrected chi connectivity index (χ0v) is 34.4. The lowest BCUT2D eigenvalue weighted by Crippen LogP contribution is -2.52. The van der Waals surface area contributed by atoms with E-state index in [9.17, 15) is 9.59 Å². The van der Waals surface area contributed by atoms with Gasteiger partial charge in [-0.15, -0.1) is 0 Å². The molecular formula is C48H64O7. The number of allylic oxidation sites excluding steroid dienone is 1. The fraction of sp³-hybridized carbons (Fsp3) is 0.625. The molecule has 0 bridgehead atoms. The second kappa shape index (κ2) is 16.4. The molecule has 7 heteroatoms. The van der Waals surface area contributed by atoms with E-state index in [2.05, 4.69) is 40.7 Å². The van der Waals surface area contributed by atoms with Crippen molar-refractivity contribution in [2.24, 2.45) is 46.3 Å². The molecule has 1 aromatic heterocycles. The zero-order chi connectivity index (χ0) is 38.9. The van der Waals surface area contributed by atoms with Gasteiger partial charge in [-0.3, -0.25) is 4.79 Å². The maximum absolute atomic E-state index is 13.3. The summed E-state index contributed by atoms with van der Waals surface area (Å²) in [5.41, 5.74) is 2.29. The third-order valence-electron chi connectivity index (χ3n) is 14.4. The van der Waals surface area contributed by atoms with E-state index >= 15 is 0 Å². The Bertz CT molecular complexity index is 1910. The second-order valence-corrected chi connectivity index (χ2v) is 18.4. The average molecular weight is 753 g/mol. The fourth-order valence-corrected chi connectivity index (χ4v) is 11.3. The molecule has 55 heavy (non-hydrogen) atoms. The number of ether oxygens (including phenoxy) is 4. The Morgan fingerprint density at radius 1 is 0.909 bits per heavy atom. The van der Waals surface area contributed by atoms with Crippen LogP contribution in [0.5, 0.6) is 23.0 Å². The molecule has 298 valence electrons. The van der Waals surface area contributed by atoms with Gasteiger partial charge in [0.25, 0.3) is 0 Å². The number of carbonyl (C=O) groups excluding carboxylic acids is 1. The number of carbonyl (C=O) groups is 1. The molecule has 0 saturated heterocycles. The number of hydrogen-bond donors (Lipinski definition) is 0. The van der Waals surface area contributed by atoms with Gasteiger partial charge in [0.2, 0.25) is 11.2 Å². The Morgan fingerprint density at radius 2 is 1.67 bits per heavy atom. The molecule has 7 nitrogen and oxygen atoms in total. The van der Waals surface area contributed by atoms with Gasteiger partial charge in [-0.05, 0) is 148 Å².